The molecule has 0 radical (unpaired) electrons. The van der Waals surface area contributed by atoms with Crippen molar-refractivity contribution in [2.45, 2.75) is 19.4 Å². The van der Waals surface area contributed by atoms with Crippen LogP contribution < -0.4 is 15.4 Å². The van der Waals surface area contributed by atoms with Crippen LogP contribution in [-0.4, -0.2) is 25.0 Å². The molecule has 0 fully saturated rings. The molecule has 0 bridgehead atoms. The van der Waals surface area contributed by atoms with E-state index < -0.39 is 0 Å². The van der Waals surface area contributed by atoms with E-state index in [-0.39, 0.29) is 24.4 Å². The predicted molar refractivity (Wildman–Crippen MR) is 90.9 cm³/mol. The lowest BCUT2D eigenvalue weighted by atomic mass is 9.98. The minimum Gasteiger partial charge on any atom is -0.493 e. The molecule has 0 aromatic heterocycles. The zero-order chi connectivity index (χ0) is 16.9. The molecule has 24 heavy (non-hydrogen) atoms. The Labute approximate surface area is 141 Å². The Balaban J connectivity index is 1.58. The van der Waals surface area contributed by atoms with E-state index in [0.717, 1.165) is 23.3 Å². The van der Waals surface area contributed by atoms with Crippen molar-refractivity contribution in [3.63, 3.8) is 0 Å². The molecule has 0 saturated heterocycles. The first-order valence-corrected chi connectivity index (χ1v) is 7.99. The fourth-order valence-electron chi connectivity index (χ4n) is 2.76. The lowest BCUT2D eigenvalue weighted by molar-refractivity contribution is -0.121. The molecule has 3 rings (SSSR count). The van der Waals surface area contributed by atoms with Gasteiger partial charge in [-0.05, 0) is 25.1 Å². The summed E-state index contributed by atoms with van der Waals surface area (Å²) >= 11 is 0. The standard InChI is InChI=1S/C19H20N2O3/c1-13-7-8-17-15(11-13)16(9-10-24-17)21-18(22)12-20-19(23)14-5-3-2-4-6-14/h2-8,11,16H,9-10,12H2,1H3,(H,20,23)(H,21,22). The minimum atomic E-state index is -0.256. The van der Waals surface area contributed by atoms with E-state index in [1.807, 2.05) is 31.2 Å². The molecule has 1 aliphatic heterocycles. The third-order valence-electron chi connectivity index (χ3n) is 3.99. The molecule has 0 saturated carbocycles. The van der Waals surface area contributed by atoms with Gasteiger partial charge in [0, 0.05) is 17.5 Å². The van der Waals surface area contributed by atoms with E-state index in [9.17, 15) is 9.59 Å². The summed E-state index contributed by atoms with van der Waals surface area (Å²) in [4.78, 5) is 24.1. The highest BCUT2D eigenvalue weighted by molar-refractivity contribution is 5.96. The Bertz CT molecular complexity index is 744. The topological polar surface area (TPSA) is 67.4 Å². The molecule has 1 unspecified atom stereocenters. The summed E-state index contributed by atoms with van der Waals surface area (Å²) < 4.78 is 5.63. The van der Waals surface area contributed by atoms with Gasteiger partial charge >= 0.3 is 0 Å². The predicted octanol–water partition coefficient (Wildman–Crippen LogP) is 2.36. The summed E-state index contributed by atoms with van der Waals surface area (Å²) in [6, 6.07) is 14.7. The number of fused-ring (bicyclic) bond motifs is 1. The molecule has 2 amide bonds. The van der Waals surface area contributed by atoms with Crippen molar-refractivity contribution in [3.8, 4) is 5.75 Å². The first-order valence-electron chi connectivity index (χ1n) is 7.99. The molecule has 1 atom stereocenters. The molecule has 0 spiro atoms. The summed E-state index contributed by atoms with van der Waals surface area (Å²) in [6.45, 7) is 2.53. The normalized spacial score (nSPS) is 15.8. The molecule has 1 heterocycles. The molecule has 2 aromatic rings. The molecule has 1 aliphatic rings. The maximum atomic E-state index is 12.2. The van der Waals surface area contributed by atoms with Crippen LogP contribution in [0.1, 0.15) is 33.9 Å². The Kier molecular flexibility index (Phi) is 4.79. The monoisotopic (exact) mass is 324 g/mol. The van der Waals surface area contributed by atoms with Gasteiger partial charge in [0.1, 0.15) is 5.75 Å². The molecule has 124 valence electrons. The van der Waals surface area contributed by atoms with Gasteiger partial charge < -0.3 is 15.4 Å². The lowest BCUT2D eigenvalue weighted by Gasteiger charge is -2.27. The van der Waals surface area contributed by atoms with E-state index >= 15 is 0 Å². The average Bonchev–Trinajstić information content (AvgIpc) is 2.61. The Morgan fingerprint density at radius 2 is 1.96 bits per heavy atom. The van der Waals surface area contributed by atoms with E-state index in [1.165, 1.54) is 0 Å². The van der Waals surface area contributed by atoms with Gasteiger partial charge in [-0.15, -0.1) is 0 Å². The van der Waals surface area contributed by atoms with Crippen LogP contribution in [0.2, 0.25) is 0 Å². The zero-order valence-corrected chi connectivity index (χ0v) is 13.5. The molecule has 2 aromatic carbocycles. The number of ether oxygens (including phenoxy) is 1. The minimum absolute atomic E-state index is 0.0494. The summed E-state index contributed by atoms with van der Waals surface area (Å²) in [7, 11) is 0. The van der Waals surface area contributed by atoms with Crippen molar-refractivity contribution in [1.29, 1.82) is 0 Å². The molecule has 5 nitrogen and oxygen atoms in total. The number of benzene rings is 2. The fraction of sp³-hybridized carbons (Fsp3) is 0.263. The SMILES string of the molecule is Cc1ccc2c(c1)C(NC(=O)CNC(=O)c1ccccc1)CCO2. The van der Waals surface area contributed by atoms with Gasteiger partial charge in [0.05, 0.1) is 19.2 Å². The van der Waals surface area contributed by atoms with Crippen molar-refractivity contribution < 1.29 is 14.3 Å². The van der Waals surface area contributed by atoms with Gasteiger partial charge in [-0.1, -0.05) is 35.9 Å². The van der Waals surface area contributed by atoms with Gasteiger partial charge in [0.2, 0.25) is 5.91 Å². The Hall–Kier alpha value is -2.82. The zero-order valence-electron chi connectivity index (χ0n) is 13.5. The summed E-state index contributed by atoms with van der Waals surface area (Å²) in [6.07, 6.45) is 0.717. The number of amides is 2. The van der Waals surface area contributed by atoms with E-state index in [2.05, 4.69) is 10.6 Å². The average molecular weight is 324 g/mol. The number of aryl methyl sites for hydroxylation is 1. The molecule has 5 heteroatoms. The molecule has 0 aliphatic carbocycles. The van der Waals surface area contributed by atoms with Crippen LogP contribution >= 0.6 is 0 Å². The number of nitrogens with one attached hydrogen (secondary N) is 2. The quantitative estimate of drug-likeness (QED) is 0.907. The van der Waals surface area contributed by atoms with Crippen LogP contribution in [0.4, 0.5) is 0 Å². The van der Waals surface area contributed by atoms with Crippen molar-refractivity contribution in [2.75, 3.05) is 13.2 Å². The van der Waals surface area contributed by atoms with Crippen molar-refractivity contribution >= 4 is 11.8 Å². The highest BCUT2D eigenvalue weighted by Crippen LogP contribution is 2.32. The maximum Gasteiger partial charge on any atom is 0.251 e. The smallest absolute Gasteiger partial charge is 0.251 e. The fourth-order valence-corrected chi connectivity index (χ4v) is 2.76. The third-order valence-corrected chi connectivity index (χ3v) is 3.99. The lowest BCUT2D eigenvalue weighted by Crippen LogP contribution is -2.40. The number of hydrogen-bond acceptors (Lipinski definition) is 3. The van der Waals surface area contributed by atoms with Crippen LogP contribution in [-0.2, 0) is 4.79 Å². The van der Waals surface area contributed by atoms with Crippen LogP contribution in [0.5, 0.6) is 5.75 Å². The highest BCUT2D eigenvalue weighted by Gasteiger charge is 2.23. The molecule has 2 N–H and O–H groups in total. The second-order valence-corrected chi connectivity index (χ2v) is 5.85. The number of carbonyl (C=O) groups is 2. The van der Waals surface area contributed by atoms with Crippen LogP contribution in [0.3, 0.4) is 0 Å². The Morgan fingerprint density at radius 1 is 1.17 bits per heavy atom. The number of hydrogen-bond donors (Lipinski definition) is 2. The summed E-state index contributed by atoms with van der Waals surface area (Å²) in [5, 5.41) is 5.62. The summed E-state index contributed by atoms with van der Waals surface area (Å²) in [5.41, 5.74) is 2.65. The van der Waals surface area contributed by atoms with E-state index in [4.69, 9.17) is 4.74 Å². The first kappa shape index (κ1) is 16.1. The maximum absolute atomic E-state index is 12.2. The second kappa shape index (κ2) is 7.17. The van der Waals surface area contributed by atoms with Crippen molar-refractivity contribution in [2.24, 2.45) is 0 Å². The van der Waals surface area contributed by atoms with Gasteiger partial charge in [0.25, 0.3) is 5.91 Å². The second-order valence-electron chi connectivity index (χ2n) is 5.85. The highest BCUT2D eigenvalue weighted by atomic mass is 16.5. The third kappa shape index (κ3) is 3.74. The van der Waals surface area contributed by atoms with E-state index in [1.54, 1.807) is 24.3 Å². The van der Waals surface area contributed by atoms with Crippen LogP contribution in [0.15, 0.2) is 48.5 Å². The van der Waals surface area contributed by atoms with Gasteiger partial charge in [-0.25, -0.2) is 0 Å². The molecular weight excluding hydrogens is 304 g/mol. The van der Waals surface area contributed by atoms with Crippen molar-refractivity contribution in [1.82, 2.24) is 10.6 Å². The largest absolute Gasteiger partial charge is 0.493 e. The van der Waals surface area contributed by atoms with Gasteiger partial charge in [-0.3, -0.25) is 9.59 Å². The Morgan fingerprint density at radius 3 is 2.75 bits per heavy atom. The van der Waals surface area contributed by atoms with Crippen molar-refractivity contribution in [3.05, 3.63) is 65.2 Å². The molecular formula is C19H20N2O3. The summed E-state index contributed by atoms with van der Waals surface area (Å²) in [5.74, 6) is 0.345. The van der Waals surface area contributed by atoms with Crippen LogP contribution in [0.25, 0.3) is 0 Å². The first-order chi connectivity index (χ1) is 11.6. The van der Waals surface area contributed by atoms with Gasteiger partial charge in [-0.2, -0.15) is 0 Å². The van der Waals surface area contributed by atoms with Crippen LogP contribution in [0, 0.1) is 6.92 Å². The number of carbonyl (C=O) groups excluding carboxylic acids is 2. The number of rotatable bonds is 4. The van der Waals surface area contributed by atoms with E-state index in [0.29, 0.717) is 12.2 Å². The van der Waals surface area contributed by atoms with Gasteiger partial charge in [0.15, 0.2) is 0 Å².